The molecule has 0 unspecified atom stereocenters. The smallest absolute Gasteiger partial charge is 0.251 e. The lowest BCUT2D eigenvalue weighted by Gasteiger charge is -2.28. The van der Waals surface area contributed by atoms with Crippen LogP contribution in [0.15, 0.2) is 24.3 Å². The van der Waals surface area contributed by atoms with E-state index in [-0.39, 0.29) is 18.1 Å². The Balaban J connectivity index is 2.03. The van der Waals surface area contributed by atoms with Gasteiger partial charge < -0.3 is 10.4 Å². The number of aryl methyl sites for hydroxylation is 1. The molecule has 2 rings (SSSR count). The lowest BCUT2D eigenvalue weighted by Crippen LogP contribution is -2.49. The highest BCUT2D eigenvalue weighted by atomic mass is 16.3. The topological polar surface area (TPSA) is 49.3 Å². The number of rotatable bonds is 5. The average molecular weight is 261 g/mol. The summed E-state index contributed by atoms with van der Waals surface area (Å²) in [5, 5.41) is 12.5. The van der Waals surface area contributed by atoms with Crippen molar-refractivity contribution < 1.29 is 9.90 Å². The molecule has 0 saturated heterocycles. The Hall–Kier alpha value is -1.35. The standard InChI is InChI=1S/C16H23NO2/c1-2-5-13-6-8-14(9-7-13)15(19)17-16(12-18)10-3-4-11-16/h6-9,18H,2-5,10-12H2,1H3,(H,17,19). The molecule has 1 amide bonds. The summed E-state index contributed by atoms with van der Waals surface area (Å²) in [4.78, 5) is 12.2. The van der Waals surface area contributed by atoms with Gasteiger partial charge in [-0.2, -0.15) is 0 Å². The van der Waals surface area contributed by atoms with E-state index in [1.807, 2.05) is 24.3 Å². The first-order valence-electron chi connectivity index (χ1n) is 7.21. The van der Waals surface area contributed by atoms with Gasteiger partial charge in [0.2, 0.25) is 0 Å². The maximum absolute atomic E-state index is 12.2. The van der Waals surface area contributed by atoms with E-state index in [2.05, 4.69) is 12.2 Å². The zero-order valence-electron chi connectivity index (χ0n) is 11.6. The first-order chi connectivity index (χ1) is 9.19. The number of aliphatic hydroxyl groups is 1. The van der Waals surface area contributed by atoms with Crippen molar-refractivity contribution in [1.82, 2.24) is 5.32 Å². The Kier molecular flexibility index (Phi) is 4.59. The second-order valence-electron chi connectivity index (χ2n) is 5.55. The molecule has 0 atom stereocenters. The van der Waals surface area contributed by atoms with E-state index in [1.54, 1.807) is 0 Å². The second-order valence-corrected chi connectivity index (χ2v) is 5.55. The van der Waals surface area contributed by atoms with E-state index in [1.165, 1.54) is 5.56 Å². The molecule has 0 radical (unpaired) electrons. The van der Waals surface area contributed by atoms with Crippen LogP contribution in [0, 0.1) is 0 Å². The lowest BCUT2D eigenvalue weighted by atomic mass is 9.98. The highest BCUT2D eigenvalue weighted by Gasteiger charge is 2.34. The van der Waals surface area contributed by atoms with Crippen molar-refractivity contribution in [3.05, 3.63) is 35.4 Å². The fourth-order valence-electron chi connectivity index (χ4n) is 2.80. The number of benzene rings is 1. The SMILES string of the molecule is CCCc1ccc(C(=O)NC2(CO)CCCC2)cc1. The van der Waals surface area contributed by atoms with E-state index < -0.39 is 0 Å². The molecule has 0 aliphatic heterocycles. The normalized spacial score (nSPS) is 17.4. The van der Waals surface area contributed by atoms with Crippen molar-refractivity contribution in [1.29, 1.82) is 0 Å². The zero-order valence-corrected chi connectivity index (χ0v) is 11.6. The first kappa shape index (κ1) is 14.1. The lowest BCUT2D eigenvalue weighted by molar-refractivity contribution is 0.0838. The summed E-state index contributed by atoms with van der Waals surface area (Å²) >= 11 is 0. The fraction of sp³-hybridized carbons (Fsp3) is 0.562. The van der Waals surface area contributed by atoms with Crippen molar-refractivity contribution in [2.75, 3.05) is 6.61 Å². The van der Waals surface area contributed by atoms with Crippen LogP contribution in [-0.4, -0.2) is 23.2 Å². The third kappa shape index (κ3) is 3.35. The number of hydrogen-bond donors (Lipinski definition) is 2. The summed E-state index contributed by atoms with van der Waals surface area (Å²) in [5.74, 6) is -0.0704. The highest BCUT2D eigenvalue weighted by Crippen LogP contribution is 2.29. The van der Waals surface area contributed by atoms with Crippen LogP contribution >= 0.6 is 0 Å². The Morgan fingerprint density at radius 1 is 1.26 bits per heavy atom. The molecule has 1 aliphatic carbocycles. The van der Waals surface area contributed by atoms with E-state index in [0.29, 0.717) is 5.56 Å². The predicted octanol–water partition coefficient (Wildman–Crippen LogP) is 2.67. The molecule has 19 heavy (non-hydrogen) atoms. The molecular weight excluding hydrogens is 238 g/mol. The molecule has 1 fully saturated rings. The Labute approximate surface area is 115 Å². The number of carbonyl (C=O) groups is 1. The van der Waals surface area contributed by atoms with Crippen LogP contribution in [0.25, 0.3) is 0 Å². The molecule has 1 aromatic rings. The minimum absolute atomic E-state index is 0.0344. The second kappa shape index (κ2) is 6.20. The van der Waals surface area contributed by atoms with Crippen molar-refractivity contribution in [2.24, 2.45) is 0 Å². The third-order valence-corrected chi connectivity index (χ3v) is 4.00. The molecule has 3 heteroatoms. The van der Waals surface area contributed by atoms with Gasteiger partial charge in [0.1, 0.15) is 0 Å². The summed E-state index contributed by atoms with van der Waals surface area (Å²) in [6.45, 7) is 2.18. The molecular formula is C16H23NO2. The molecule has 0 bridgehead atoms. The van der Waals surface area contributed by atoms with Crippen LogP contribution in [0.2, 0.25) is 0 Å². The zero-order chi connectivity index (χ0) is 13.7. The summed E-state index contributed by atoms with van der Waals surface area (Å²) in [6, 6.07) is 7.78. The van der Waals surface area contributed by atoms with Gasteiger partial charge in [-0.15, -0.1) is 0 Å². The summed E-state index contributed by atoms with van der Waals surface area (Å²) in [6.07, 6.45) is 6.07. The number of aliphatic hydroxyl groups excluding tert-OH is 1. The maximum atomic E-state index is 12.2. The van der Waals surface area contributed by atoms with Crippen LogP contribution < -0.4 is 5.32 Å². The molecule has 1 aliphatic rings. The van der Waals surface area contributed by atoms with Crippen LogP contribution in [0.1, 0.15) is 54.9 Å². The number of nitrogens with one attached hydrogen (secondary N) is 1. The molecule has 3 nitrogen and oxygen atoms in total. The predicted molar refractivity (Wildman–Crippen MR) is 76.2 cm³/mol. The van der Waals surface area contributed by atoms with Crippen LogP contribution in [0.4, 0.5) is 0 Å². The minimum Gasteiger partial charge on any atom is -0.394 e. The molecule has 0 heterocycles. The minimum atomic E-state index is -0.390. The molecule has 0 spiro atoms. The maximum Gasteiger partial charge on any atom is 0.251 e. The van der Waals surface area contributed by atoms with E-state index in [0.717, 1.165) is 38.5 Å². The van der Waals surface area contributed by atoms with Gasteiger partial charge in [-0.25, -0.2) is 0 Å². The summed E-state index contributed by atoms with van der Waals surface area (Å²) in [7, 11) is 0. The largest absolute Gasteiger partial charge is 0.394 e. The average Bonchev–Trinajstić information content (AvgIpc) is 2.89. The van der Waals surface area contributed by atoms with Crippen LogP contribution in [0.3, 0.4) is 0 Å². The van der Waals surface area contributed by atoms with Gasteiger partial charge in [0, 0.05) is 5.56 Å². The first-order valence-corrected chi connectivity index (χ1v) is 7.21. The molecule has 1 saturated carbocycles. The van der Waals surface area contributed by atoms with Gasteiger partial charge in [-0.05, 0) is 37.0 Å². The number of amides is 1. The molecule has 104 valence electrons. The number of carbonyl (C=O) groups excluding carboxylic acids is 1. The Bertz CT molecular complexity index is 419. The van der Waals surface area contributed by atoms with Crippen molar-refractivity contribution >= 4 is 5.91 Å². The molecule has 0 aromatic heterocycles. The van der Waals surface area contributed by atoms with Crippen LogP contribution in [-0.2, 0) is 6.42 Å². The van der Waals surface area contributed by atoms with Gasteiger partial charge in [-0.1, -0.05) is 38.3 Å². The van der Waals surface area contributed by atoms with Gasteiger partial charge in [0.05, 0.1) is 12.1 Å². The highest BCUT2D eigenvalue weighted by molar-refractivity contribution is 5.94. The van der Waals surface area contributed by atoms with Crippen molar-refractivity contribution in [3.8, 4) is 0 Å². The van der Waals surface area contributed by atoms with Crippen molar-refractivity contribution in [2.45, 2.75) is 51.0 Å². The third-order valence-electron chi connectivity index (χ3n) is 4.00. The Morgan fingerprint density at radius 2 is 1.89 bits per heavy atom. The fourth-order valence-corrected chi connectivity index (χ4v) is 2.80. The van der Waals surface area contributed by atoms with Gasteiger partial charge in [0.15, 0.2) is 0 Å². The van der Waals surface area contributed by atoms with Gasteiger partial charge in [0.25, 0.3) is 5.91 Å². The number of hydrogen-bond acceptors (Lipinski definition) is 2. The van der Waals surface area contributed by atoms with Gasteiger partial charge >= 0.3 is 0 Å². The summed E-state index contributed by atoms with van der Waals surface area (Å²) in [5.41, 5.74) is 1.55. The Morgan fingerprint density at radius 3 is 2.42 bits per heavy atom. The summed E-state index contributed by atoms with van der Waals surface area (Å²) < 4.78 is 0. The van der Waals surface area contributed by atoms with E-state index in [4.69, 9.17) is 0 Å². The van der Waals surface area contributed by atoms with E-state index in [9.17, 15) is 9.90 Å². The van der Waals surface area contributed by atoms with Gasteiger partial charge in [-0.3, -0.25) is 4.79 Å². The quantitative estimate of drug-likeness (QED) is 0.856. The van der Waals surface area contributed by atoms with Crippen LogP contribution in [0.5, 0.6) is 0 Å². The monoisotopic (exact) mass is 261 g/mol. The van der Waals surface area contributed by atoms with E-state index >= 15 is 0 Å². The van der Waals surface area contributed by atoms with Crippen molar-refractivity contribution in [3.63, 3.8) is 0 Å². The molecule has 2 N–H and O–H groups in total. The molecule has 1 aromatic carbocycles.